The Morgan fingerprint density at radius 3 is 2.94 bits per heavy atom. The third kappa shape index (κ3) is 2.02. The van der Waals surface area contributed by atoms with Crippen LogP contribution in [0.5, 0.6) is 0 Å². The van der Waals surface area contributed by atoms with E-state index < -0.39 is 0 Å². The fourth-order valence-corrected chi connectivity index (χ4v) is 2.53. The lowest BCUT2D eigenvalue weighted by Crippen LogP contribution is -2.05. The second-order valence-electron chi connectivity index (χ2n) is 4.08. The highest BCUT2D eigenvalue weighted by Crippen LogP contribution is 2.22. The standard InChI is InChI=1S/C12H12N4OS/c1-7(11-13-4-5-18-11)14-8-2-3-9-10(6-8)16-12(17)15-9/h2-7,14H,1H3,(H2,15,16,17). The van der Waals surface area contributed by atoms with Crippen LogP contribution in [0.2, 0.25) is 0 Å². The van der Waals surface area contributed by atoms with E-state index in [0.29, 0.717) is 0 Å². The minimum atomic E-state index is -0.185. The van der Waals surface area contributed by atoms with Crippen molar-refractivity contribution in [3.63, 3.8) is 0 Å². The van der Waals surface area contributed by atoms with E-state index in [1.54, 1.807) is 17.5 Å². The number of aromatic amines is 2. The molecule has 0 amide bonds. The van der Waals surface area contributed by atoms with Crippen LogP contribution in [-0.4, -0.2) is 15.0 Å². The predicted molar refractivity (Wildman–Crippen MR) is 73.1 cm³/mol. The highest BCUT2D eigenvalue weighted by molar-refractivity contribution is 7.09. The molecule has 0 aliphatic carbocycles. The molecule has 3 aromatic rings. The minimum Gasteiger partial charge on any atom is -0.376 e. The number of rotatable bonds is 3. The quantitative estimate of drug-likeness (QED) is 0.677. The van der Waals surface area contributed by atoms with Crippen LogP contribution in [0.15, 0.2) is 34.6 Å². The van der Waals surface area contributed by atoms with E-state index in [0.717, 1.165) is 21.7 Å². The molecule has 0 spiro atoms. The summed E-state index contributed by atoms with van der Waals surface area (Å²) in [6.45, 7) is 2.06. The molecule has 0 radical (unpaired) electrons. The van der Waals surface area contributed by atoms with Crippen LogP contribution < -0.4 is 11.0 Å². The van der Waals surface area contributed by atoms with Crippen LogP contribution in [-0.2, 0) is 0 Å². The van der Waals surface area contributed by atoms with Crippen LogP contribution in [0.1, 0.15) is 18.0 Å². The molecule has 2 heterocycles. The number of nitrogens with one attached hydrogen (secondary N) is 3. The van der Waals surface area contributed by atoms with Gasteiger partial charge in [0.15, 0.2) is 0 Å². The molecule has 1 atom stereocenters. The third-order valence-corrected chi connectivity index (χ3v) is 3.68. The Labute approximate surface area is 107 Å². The minimum absolute atomic E-state index is 0.146. The normalized spacial score (nSPS) is 12.7. The molecule has 0 saturated heterocycles. The van der Waals surface area contributed by atoms with Crippen LogP contribution in [0.3, 0.4) is 0 Å². The number of H-pyrrole nitrogens is 2. The van der Waals surface area contributed by atoms with Gasteiger partial charge in [-0.15, -0.1) is 11.3 Å². The second-order valence-corrected chi connectivity index (χ2v) is 5.00. The fourth-order valence-electron chi connectivity index (χ4n) is 1.88. The smallest absolute Gasteiger partial charge is 0.323 e. The maximum absolute atomic E-state index is 11.2. The first-order valence-electron chi connectivity index (χ1n) is 5.60. The maximum Gasteiger partial charge on any atom is 0.323 e. The van der Waals surface area contributed by atoms with Gasteiger partial charge in [0.05, 0.1) is 17.1 Å². The number of anilines is 1. The predicted octanol–water partition coefficient (Wildman–Crippen LogP) is 2.49. The van der Waals surface area contributed by atoms with Crippen molar-refractivity contribution in [1.29, 1.82) is 0 Å². The first-order valence-corrected chi connectivity index (χ1v) is 6.48. The molecular formula is C12H12N4OS. The number of hydrogen-bond acceptors (Lipinski definition) is 4. The summed E-state index contributed by atoms with van der Waals surface area (Å²) in [4.78, 5) is 20.9. The van der Waals surface area contributed by atoms with Crippen LogP contribution in [0.25, 0.3) is 11.0 Å². The van der Waals surface area contributed by atoms with Crippen LogP contribution >= 0.6 is 11.3 Å². The molecule has 2 aromatic heterocycles. The first kappa shape index (κ1) is 11.0. The number of imidazole rings is 1. The van der Waals surface area contributed by atoms with E-state index in [1.165, 1.54) is 0 Å². The summed E-state index contributed by atoms with van der Waals surface area (Å²) >= 11 is 1.62. The largest absolute Gasteiger partial charge is 0.376 e. The van der Waals surface area contributed by atoms with E-state index in [4.69, 9.17) is 0 Å². The molecule has 5 nitrogen and oxygen atoms in total. The molecule has 0 fully saturated rings. The number of aromatic nitrogens is 3. The van der Waals surface area contributed by atoms with Crippen molar-refractivity contribution in [1.82, 2.24) is 15.0 Å². The van der Waals surface area contributed by atoms with Crippen molar-refractivity contribution >= 4 is 28.1 Å². The van der Waals surface area contributed by atoms with Gasteiger partial charge >= 0.3 is 5.69 Å². The van der Waals surface area contributed by atoms with Gasteiger partial charge < -0.3 is 15.3 Å². The van der Waals surface area contributed by atoms with Gasteiger partial charge in [-0.2, -0.15) is 0 Å². The molecule has 3 N–H and O–H groups in total. The van der Waals surface area contributed by atoms with Crippen molar-refractivity contribution in [2.24, 2.45) is 0 Å². The summed E-state index contributed by atoms with van der Waals surface area (Å²) in [6.07, 6.45) is 1.80. The maximum atomic E-state index is 11.2. The summed E-state index contributed by atoms with van der Waals surface area (Å²) < 4.78 is 0. The molecule has 6 heteroatoms. The lowest BCUT2D eigenvalue weighted by atomic mass is 10.2. The Balaban J connectivity index is 1.88. The fraction of sp³-hybridized carbons (Fsp3) is 0.167. The SMILES string of the molecule is CC(Nc1ccc2[nH]c(=O)[nH]c2c1)c1nccs1. The second kappa shape index (κ2) is 4.30. The lowest BCUT2D eigenvalue weighted by Gasteiger charge is -2.12. The van der Waals surface area contributed by atoms with E-state index in [9.17, 15) is 4.79 Å². The number of hydrogen-bond donors (Lipinski definition) is 3. The van der Waals surface area contributed by atoms with Gasteiger partial charge in [0.25, 0.3) is 0 Å². The molecule has 1 aromatic carbocycles. The van der Waals surface area contributed by atoms with Crippen molar-refractivity contribution in [2.45, 2.75) is 13.0 Å². The summed E-state index contributed by atoms with van der Waals surface area (Å²) in [5.74, 6) is 0. The highest BCUT2D eigenvalue weighted by atomic mass is 32.1. The zero-order valence-corrected chi connectivity index (χ0v) is 10.5. The van der Waals surface area contributed by atoms with Crippen molar-refractivity contribution in [2.75, 3.05) is 5.32 Å². The van der Waals surface area contributed by atoms with Crippen molar-refractivity contribution < 1.29 is 0 Å². The average molecular weight is 260 g/mol. The number of nitrogens with zero attached hydrogens (tertiary/aromatic N) is 1. The van der Waals surface area contributed by atoms with Crippen molar-refractivity contribution in [3.05, 3.63) is 45.3 Å². The summed E-state index contributed by atoms with van der Waals surface area (Å²) in [6, 6.07) is 5.88. The van der Waals surface area contributed by atoms with Gasteiger partial charge in [-0.05, 0) is 25.1 Å². The molecule has 0 bridgehead atoms. The first-order chi connectivity index (χ1) is 8.72. The Morgan fingerprint density at radius 2 is 2.17 bits per heavy atom. The van der Waals surface area contributed by atoms with E-state index in [-0.39, 0.29) is 11.7 Å². The van der Waals surface area contributed by atoms with E-state index in [1.807, 2.05) is 23.6 Å². The number of thiazole rings is 1. The third-order valence-electron chi connectivity index (χ3n) is 2.72. The van der Waals surface area contributed by atoms with Crippen LogP contribution in [0, 0.1) is 0 Å². The zero-order valence-electron chi connectivity index (χ0n) is 9.73. The van der Waals surface area contributed by atoms with Gasteiger partial charge in [0.1, 0.15) is 5.01 Å². The van der Waals surface area contributed by atoms with E-state index >= 15 is 0 Å². The van der Waals surface area contributed by atoms with Gasteiger partial charge in [0, 0.05) is 17.3 Å². The Kier molecular flexibility index (Phi) is 2.64. The molecular weight excluding hydrogens is 248 g/mol. The Morgan fingerprint density at radius 1 is 1.33 bits per heavy atom. The van der Waals surface area contributed by atoms with Gasteiger partial charge in [-0.1, -0.05) is 0 Å². The number of fused-ring (bicyclic) bond motifs is 1. The average Bonchev–Trinajstić information content (AvgIpc) is 2.95. The molecule has 92 valence electrons. The topological polar surface area (TPSA) is 73.6 Å². The van der Waals surface area contributed by atoms with Gasteiger partial charge in [-0.25, -0.2) is 9.78 Å². The van der Waals surface area contributed by atoms with Crippen LogP contribution in [0.4, 0.5) is 5.69 Å². The monoisotopic (exact) mass is 260 g/mol. The molecule has 3 rings (SSSR count). The lowest BCUT2D eigenvalue weighted by molar-refractivity contribution is 0.870. The Bertz CT molecular complexity index is 713. The summed E-state index contributed by atoms with van der Waals surface area (Å²) in [5.41, 5.74) is 2.39. The summed E-state index contributed by atoms with van der Waals surface area (Å²) in [7, 11) is 0. The van der Waals surface area contributed by atoms with Gasteiger partial charge in [-0.3, -0.25) is 0 Å². The van der Waals surface area contributed by atoms with Gasteiger partial charge in [0.2, 0.25) is 0 Å². The summed E-state index contributed by atoms with van der Waals surface area (Å²) in [5, 5.41) is 6.36. The zero-order chi connectivity index (χ0) is 12.5. The van der Waals surface area contributed by atoms with Crippen molar-refractivity contribution in [3.8, 4) is 0 Å². The number of benzene rings is 1. The molecule has 0 aliphatic rings. The molecule has 0 aliphatic heterocycles. The highest BCUT2D eigenvalue weighted by Gasteiger charge is 2.08. The molecule has 0 saturated carbocycles. The Hall–Kier alpha value is -2.08. The van der Waals surface area contributed by atoms with E-state index in [2.05, 4.69) is 27.2 Å². The molecule has 1 unspecified atom stereocenters. The molecule has 18 heavy (non-hydrogen) atoms.